The molecule has 2 unspecified atom stereocenters. The molecule has 6 nitrogen and oxygen atoms in total. The molecule has 1 aliphatic heterocycles. The van der Waals surface area contributed by atoms with Gasteiger partial charge in [-0.05, 0) is 87.7 Å². The average molecular weight is 435 g/mol. The third kappa shape index (κ3) is 3.51. The van der Waals surface area contributed by atoms with Crippen molar-refractivity contribution in [3.05, 3.63) is 35.4 Å². The fourth-order valence-corrected chi connectivity index (χ4v) is 7.39. The summed E-state index contributed by atoms with van der Waals surface area (Å²) in [6, 6.07) is 8.79. The van der Waals surface area contributed by atoms with Crippen LogP contribution < -0.4 is 5.32 Å². The number of rotatable bonds is 4. The van der Waals surface area contributed by atoms with Crippen LogP contribution in [0, 0.1) is 34.6 Å². The summed E-state index contributed by atoms with van der Waals surface area (Å²) in [6.07, 6.45) is 8.62. The number of hydrogen-bond acceptors (Lipinski definition) is 4. The smallest absolute Gasteiger partial charge is 0.309 e. The van der Waals surface area contributed by atoms with Crippen molar-refractivity contribution in [1.29, 1.82) is 5.26 Å². The summed E-state index contributed by atoms with van der Waals surface area (Å²) in [6.45, 7) is 6.19. The second-order valence-electron chi connectivity index (χ2n) is 11.1. The maximum absolute atomic E-state index is 12.1. The highest BCUT2D eigenvalue weighted by atomic mass is 16.4. The predicted octanol–water partition coefficient (Wildman–Crippen LogP) is 3.61. The van der Waals surface area contributed by atoms with Crippen LogP contribution in [0.15, 0.2) is 29.3 Å². The van der Waals surface area contributed by atoms with Gasteiger partial charge in [0.05, 0.1) is 17.0 Å². The van der Waals surface area contributed by atoms with Crippen molar-refractivity contribution < 1.29 is 9.90 Å². The van der Waals surface area contributed by atoms with Crippen molar-refractivity contribution in [2.45, 2.75) is 70.4 Å². The first-order valence-corrected chi connectivity index (χ1v) is 12.1. The Hall–Kier alpha value is -2.39. The molecule has 170 valence electrons. The van der Waals surface area contributed by atoms with Gasteiger partial charge in [-0.3, -0.25) is 20.0 Å². The lowest BCUT2D eigenvalue weighted by Crippen LogP contribution is -2.58. The number of nitrogens with one attached hydrogen (secondary N) is 1. The van der Waals surface area contributed by atoms with Crippen molar-refractivity contribution in [2.24, 2.45) is 28.2 Å². The Morgan fingerprint density at radius 2 is 1.75 bits per heavy atom. The van der Waals surface area contributed by atoms with Crippen LogP contribution in [0.25, 0.3) is 0 Å². The van der Waals surface area contributed by atoms with E-state index in [1.165, 1.54) is 11.1 Å². The van der Waals surface area contributed by atoms with E-state index in [0.717, 1.165) is 63.9 Å². The van der Waals surface area contributed by atoms with Crippen LogP contribution in [-0.2, 0) is 17.6 Å². The quantitative estimate of drug-likeness (QED) is 0.327. The first-order valence-electron chi connectivity index (χ1n) is 12.1. The van der Waals surface area contributed by atoms with Crippen molar-refractivity contribution >= 4 is 11.8 Å². The Bertz CT molecular complexity index is 935. The zero-order valence-corrected chi connectivity index (χ0v) is 19.2. The standard InChI is InChI=1S/C26H34N4O2/c1-25(2,30-9-7-18-5-3-4-6-19(18)8-10-30)23(28-16-27)29-22-20-11-17-12-21(22)15-26(13-17,14-20)24(31)32/h3-6,17,20-22H,7-15H2,1-2H3,(H,28,29)(H,31,32). The first kappa shape index (κ1) is 21.5. The third-order valence-corrected chi connectivity index (χ3v) is 8.92. The number of hydrogen-bond donors (Lipinski definition) is 2. The molecular formula is C26H34N4O2. The van der Waals surface area contributed by atoms with Crippen molar-refractivity contribution in [3.63, 3.8) is 0 Å². The van der Waals surface area contributed by atoms with Crippen molar-refractivity contribution in [1.82, 2.24) is 10.2 Å². The SMILES string of the molecule is CC(C)(C(=NC1C2CC3CC1CC(C(=O)O)(C3)C2)NC#N)N1CCc2ccccc2CC1. The number of nitrogens with zero attached hydrogens (tertiary/aromatic N) is 3. The molecule has 5 aliphatic rings. The maximum Gasteiger partial charge on any atom is 0.309 e. The summed E-state index contributed by atoms with van der Waals surface area (Å²) in [7, 11) is 0. The summed E-state index contributed by atoms with van der Waals surface area (Å²) in [5.41, 5.74) is 1.91. The number of aliphatic carboxylic acids is 1. The van der Waals surface area contributed by atoms with E-state index in [1.54, 1.807) is 0 Å². The average Bonchev–Trinajstić information content (AvgIpc) is 2.98. The molecule has 1 heterocycles. The molecule has 0 spiro atoms. The van der Waals surface area contributed by atoms with Gasteiger partial charge in [0.2, 0.25) is 0 Å². The molecule has 0 aromatic heterocycles. The summed E-state index contributed by atoms with van der Waals surface area (Å²) in [5, 5.41) is 22.4. The van der Waals surface area contributed by atoms with Crippen LogP contribution in [0.3, 0.4) is 0 Å². The van der Waals surface area contributed by atoms with Crippen LogP contribution in [0.1, 0.15) is 57.1 Å². The lowest BCUT2D eigenvalue weighted by atomic mass is 9.48. The van der Waals surface area contributed by atoms with E-state index >= 15 is 0 Å². The van der Waals surface area contributed by atoms with Crippen LogP contribution in [-0.4, -0.2) is 46.5 Å². The number of aliphatic imine (C=N–C) groups is 1. The molecule has 1 aromatic carbocycles. The monoisotopic (exact) mass is 434 g/mol. The van der Waals surface area contributed by atoms with Gasteiger partial charge in [-0.1, -0.05) is 24.3 Å². The zero-order chi connectivity index (χ0) is 22.5. The highest BCUT2D eigenvalue weighted by Crippen LogP contribution is 2.61. The Morgan fingerprint density at radius 1 is 1.16 bits per heavy atom. The van der Waals surface area contributed by atoms with Gasteiger partial charge in [0.25, 0.3) is 0 Å². The number of carbonyl (C=O) groups is 1. The second kappa shape index (κ2) is 7.88. The predicted molar refractivity (Wildman–Crippen MR) is 123 cm³/mol. The fraction of sp³-hybridized carbons (Fsp3) is 0.654. The van der Waals surface area contributed by atoms with Crippen LogP contribution >= 0.6 is 0 Å². The Balaban J connectivity index is 1.40. The Kier molecular flexibility index (Phi) is 5.28. The third-order valence-electron chi connectivity index (χ3n) is 8.92. The van der Waals surface area contributed by atoms with E-state index in [0.29, 0.717) is 17.8 Å². The number of carboxylic acid groups (broad SMARTS) is 1. The number of amidine groups is 1. The van der Waals surface area contributed by atoms with Crippen molar-refractivity contribution in [2.75, 3.05) is 13.1 Å². The molecule has 0 radical (unpaired) electrons. The minimum atomic E-state index is -0.612. The molecule has 4 fully saturated rings. The molecule has 6 rings (SSSR count). The molecule has 2 atom stereocenters. The van der Waals surface area contributed by atoms with Gasteiger partial charge < -0.3 is 5.11 Å². The molecule has 2 N–H and O–H groups in total. The van der Waals surface area contributed by atoms with Gasteiger partial charge >= 0.3 is 5.97 Å². The normalized spacial score (nSPS) is 34.5. The minimum Gasteiger partial charge on any atom is -0.481 e. The van der Waals surface area contributed by atoms with E-state index in [4.69, 9.17) is 4.99 Å². The maximum atomic E-state index is 12.1. The molecule has 0 saturated heterocycles. The van der Waals surface area contributed by atoms with Crippen LogP contribution in [0.2, 0.25) is 0 Å². The summed E-state index contributed by atoms with van der Waals surface area (Å²) >= 11 is 0. The summed E-state index contributed by atoms with van der Waals surface area (Å²) in [5.74, 6) is 1.29. The molecule has 0 amide bonds. The number of nitriles is 1. The topological polar surface area (TPSA) is 88.7 Å². The van der Waals surface area contributed by atoms with Gasteiger partial charge in [-0.15, -0.1) is 0 Å². The van der Waals surface area contributed by atoms with Crippen molar-refractivity contribution in [3.8, 4) is 6.19 Å². The van der Waals surface area contributed by atoms with E-state index < -0.39 is 16.9 Å². The number of carboxylic acids is 1. The van der Waals surface area contributed by atoms with E-state index in [-0.39, 0.29) is 6.04 Å². The van der Waals surface area contributed by atoms with Gasteiger partial charge in [-0.25, -0.2) is 0 Å². The van der Waals surface area contributed by atoms with Gasteiger partial charge in [-0.2, -0.15) is 5.26 Å². The highest BCUT2D eigenvalue weighted by Gasteiger charge is 2.59. The van der Waals surface area contributed by atoms with E-state index in [2.05, 4.69) is 54.5 Å². The summed E-state index contributed by atoms with van der Waals surface area (Å²) in [4.78, 5) is 19.8. The van der Waals surface area contributed by atoms with E-state index in [9.17, 15) is 15.2 Å². The van der Waals surface area contributed by atoms with E-state index in [1.807, 2.05) is 0 Å². The lowest BCUT2D eigenvalue weighted by Gasteiger charge is -2.57. The first-order chi connectivity index (χ1) is 15.3. The van der Waals surface area contributed by atoms with Crippen LogP contribution in [0.4, 0.5) is 0 Å². The van der Waals surface area contributed by atoms with Gasteiger partial charge in [0, 0.05) is 13.1 Å². The van der Waals surface area contributed by atoms with Gasteiger partial charge in [0.1, 0.15) is 5.84 Å². The second-order valence-corrected chi connectivity index (χ2v) is 11.1. The lowest BCUT2D eigenvalue weighted by molar-refractivity contribution is -0.166. The molecular weight excluding hydrogens is 400 g/mol. The number of fused-ring (bicyclic) bond motifs is 1. The number of benzene rings is 1. The Labute approximate surface area is 190 Å². The molecule has 32 heavy (non-hydrogen) atoms. The highest BCUT2D eigenvalue weighted by molar-refractivity contribution is 5.92. The Morgan fingerprint density at radius 3 is 2.28 bits per heavy atom. The molecule has 6 heteroatoms. The minimum absolute atomic E-state index is 0.123. The molecule has 1 aromatic rings. The fourth-order valence-electron chi connectivity index (χ4n) is 7.39. The van der Waals surface area contributed by atoms with Crippen LogP contribution in [0.5, 0.6) is 0 Å². The van der Waals surface area contributed by atoms with Gasteiger partial charge in [0.15, 0.2) is 6.19 Å². The molecule has 4 aliphatic carbocycles. The molecule has 4 bridgehead atoms. The summed E-state index contributed by atoms with van der Waals surface area (Å²) < 4.78 is 0. The largest absolute Gasteiger partial charge is 0.481 e. The zero-order valence-electron chi connectivity index (χ0n) is 19.2. The molecule has 4 saturated carbocycles.